The van der Waals surface area contributed by atoms with E-state index < -0.39 is 446 Å². The summed E-state index contributed by atoms with van der Waals surface area (Å²) in [6, 6.07) is -3.33. The van der Waals surface area contributed by atoms with Gasteiger partial charge in [-0.05, 0) is 13.3 Å². The molecule has 0 aromatic carbocycles. The van der Waals surface area contributed by atoms with E-state index in [4.69, 9.17) is 106 Å². The summed E-state index contributed by atoms with van der Waals surface area (Å²) >= 11 is 0. The lowest BCUT2D eigenvalue weighted by atomic mass is 9.88. The first kappa shape index (κ1) is 113. The molecule has 0 radical (unpaired) electrons. The van der Waals surface area contributed by atoms with Gasteiger partial charge in [0, 0.05) is 36.5 Å². The van der Waals surface area contributed by atoms with Crippen LogP contribution in [0.15, 0.2) is 0 Å². The van der Waals surface area contributed by atoms with Crippen LogP contribution in [0.5, 0.6) is 0 Å². The molecule has 10 saturated heterocycles. The fraction of sp³-hybridized carbons (Fsp3) is 0.974. The van der Waals surface area contributed by atoms with Crippen molar-refractivity contribution in [3.63, 3.8) is 0 Å². The molecule has 56 atom stereocenters. The van der Waals surface area contributed by atoms with Crippen molar-refractivity contribution in [3.05, 3.63) is 0 Å². The molecule has 37 N–H and O–H groups in total. The Hall–Kier alpha value is -3.18. The number of carboxylic acids is 2. The van der Waals surface area contributed by atoms with Crippen molar-refractivity contribution in [1.82, 2.24) is 0 Å². The van der Waals surface area contributed by atoms with E-state index in [-0.39, 0.29) is 0 Å². The van der Waals surface area contributed by atoms with Crippen LogP contribution in [0.4, 0.5) is 0 Å². The summed E-state index contributed by atoms with van der Waals surface area (Å²) in [5, 5.41) is 367. The van der Waals surface area contributed by atoms with Gasteiger partial charge in [0.15, 0.2) is 50.3 Å². The van der Waals surface area contributed by atoms with E-state index in [9.17, 15) is 178 Å². The van der Waals surface area contributed by atoms with Crippen molar-refractivity contribution >= 4 is 11.9 Å². The summed E-state index contributed by atoms with van der Waals surface area (Å²) in [4.78, 5) is 26.1. The predicted octanol–water partition coefficient (Wildman–Crippen LogP) is -20.5. The van der Waals surface area contributed by atoms with Crippen molar-refractivity contribution < 1.29 is 273 Å². The van der Waals surface area contributed by atoms with Crippen LogP contribution in [-0.4, -0.2) is 571 Å². The highest BCUT2D eigenvalue weighted by Gasteiger charge is 2.65. The number of hydrogen-bond acceptors (Lipinski definition) is 55. The van der Waals surface area contributed by atoms with Crippen molar-refractivity contribution in [1.29, 1.82) is 0 Å². The minimum Gasteiger partial charge on any atom is -0.477 e. The molecule has 0 aromatic heterocycles. The van der Waals surface area contributed by atoms with Gasteiger partial charge in [-0.15, -0.1) is 0 Å². The summed E-state index contributed by atoms with van der Waals surface area (Å²) < 4.78 is 118. The van der Waals surface area contributed by atoms with Gasteiger partial charge in [0.1, 0.15) is 195 Å². The molecule has 20 unspecified atom stereocenters. The van der Waals surface area contributed by atoms with Gasteiger partial charge in [0.25, 0.3) is 11.6 Å². The smallest absolute Gasteiger partial charge is 0.364 e. The number of aliphatic hydroxyl groups excluding tert-OH is 31. The zero-order chi connectivity index (χ0) is 99.4. The molecule has 10 heterocycles. The molecule has 0 aromatic rings. The molecule has 10 aliphatic heterocycles. The minimum absolute atomic E-state index is 0.582. The topological polar surface area (TPSA) is 938 Å². The third-order valence-corrected chi connectivity index (χ3v) is 26.5. The fourth-order valence-electron chi connectivity index (χ4n) is 17.8. The summed E-state index contributed by atoms with van der Waals surface area (Å²) in [6.07, 6.45) is -101. The first-order valence-electron chi connectivity index (χ1n) is 43.7. The van der Waals surface area contributed by atoms with Gasteiger partial charge in [-0.1, -0.05) is 27.7 Å². The van der Waals surface area contributed by atoms with E-state index in [2.05, 4.69) is 0 Å². The summed E-state index contributed by atoms with van der Waals surface area (Å²) in [7, 11) is 0. The second kappa shape index (κ2) is 48.5. The maximum atomic E-state index is 13.1. The van der Waals surface area contributed by atoms with Crippen molar-refractivity contribution in [2.75, 3.05) is 72.7 Å². The Morgan fingerprint density at radius 1 is 0.343 bits per heavy atom. The first-order chi connectivity index (χ1) is 63.2. The number of aliphatic hydroxyl groups is 31. The number of carboxylic acid groups (broad SMARTS) is 2. The van der Waals surface area contributed by atoms with Crippen LogP contribution in [-0.2, 0) is 104 Å². The molecule has 10 rings (SSSR count). The van der Waals surface area contributed by atoms with Crippen LogP contribution in [0, 0.1) is 23.7 Å². The number of hydrogen-bond donors (Lipinski definition) is 35. The van der Waals surface area contributed by atoms with E-state index in [1.165, 1.54) is 20.8 Å². The van der Waals surface area contributed by atoms with Crippen LogP contribution in [0.25, 0.3) is 0 Å². The van der Waals surface area contributed by atoms with Crippen LogP contribution < -0.4 is 11.5 Å². The molecule has 10 fully saturated rings. The Morgan fingerprint density at radius 3 is 1.03 bits per heavy atom. The van der Waals surface area contributed by atoms with E-state index in [1.54, 1.807) is 13.8 Å². The highest BCUT2D eigenvalue weighted by molar-refractivity contribution is 5.76. The van der Waals surface area contributed by atoms with Gasteiger partial charge in [-0.25, -0.2) is 9.59 Å². The Bertz CT molecular complexity index is 3550. The van der Waals surface area contributed by atoms with Gasteiger partial charge in [-0.2, -0.15) is 0 Å². The predicted molar refractivity (Wildman–Crippen MR) is 419 cm³/mol. The highest BCUT2D eigenvalue weighted by atomic mass is 16.8. The first-order valence-corrected chi connectivity index (χ1v) is 43.7. The standard InChI is InChI=1S/C77H134N2O55/c1-20-24(5)116-34(16-86)57(40(20)95)126-67-21(2)41(96)56(35(17-87)121-67)124-66(110)52(107)55(125-73-65(51(106)47(102)31(13-83)120-73)130-69-23(4)43(98)59(37(19-89)123-69)128-71-54(109)63(49(104)33(15-85)118-71)134-77(75(113)114)9-27(92)39(79)61(132-77)45(100)29(94)11-81)25(90)6-7-115-72-64(50(105)46(101)30(12-82)119-72)129-68-22(3)42(97)58(36(18-88)122-68)127-70-53(108)62(48(103)32(14-84)117-70)133-76(74(111)112)8-26(91)38(78)60(131-76)44(99)28(93)10-80/h20-73,80-110H,6-19,78-79H2,1-5H3,(H,111,112)(H,113,114)/t20-,21+,22?,23+,24+,25-,26-,27-,28-,29-,30?,31-,32?,33?,34?,35?,36+,37?,38-,39-,40?,41?,42?,43?,44-,45-,46-,47-,48+,49+,50?,51?,52-,53?,54+,55?,56-,57-,58-,59-,60?,61?,62+,63?,64-,65?,66+,67+,68+,69+,70?,71+,72+,73-,76+,77+/m1/s1. The molecular weight excluding hydrogens is 1830 g/mol. The maximum Gasteiger partial charge on any atom is 0.364 e. The lowest BCUT2D eigenvalue weighted by Gasteiger charge is -2.51. The van der Waals surface area contributed by atoms with Crippen LogP contribution in [0.1, 0.15) is 53.9 Å². The van der Waals surface area contributed by atoms with Crippen LogP contribution in [0.2, 0.25) is 0 Å². The Balaban J connectivity index is 0.893. The van der Waals surface area contributed by atoms with E-state index in [0.717, 1.165) is 0 Å². The average molecular weight is 1970 g/mol. The Kier molecular flexibility index (Phi) is 40.8. The van der Waals surface area contributed by atoms with E-state index >= 15 is 0 Å². The fourth-order valence-corrected chi connectivity index (χ4v) is 17.8. The van der Waals surface area contributed by atoms with Crippen molar-refractivity contribution in [2.24, 2.45) is 35.1 Å². The van der Waals surface area contributed by atoms with Crippen LogP contribution in [0.3, 0.4) is 0 Å². The molecule has 10 aliphatic rings. The molecular formula is C77H134N2O55. The quantitative estimate of drug-likeness (QED) is 0.0253. The minimum atomic E-state index is -3.19. The number of ether oxygens (including phenoxy) is 20. The number of carbonyl (C=O) groups is 2. The molecule has 134 heavy (non-hydrogen) atoms. The molecule has 0 bridgehead atoms. The molecule has 0 saturated carbocycles. The molecule has 57 nitrogen and oxygen atoms in total. The molecule has 0 aliphatic carbocycles. The Morgan fingerprint density at radius 2 is 0.657 bits per heavy atom. The van der Waals surface area contributed by atoms with Gasteiger partial charge >= 0.3 is 11.9 Å². The van der Waals surface area contributed by atoms with Gasteiger partial charge in [-0.3, -0.25) is 0 Å². The summed E-state index contributed by atoms with van der Waals surface area (Å²) in [6.45, 7) is -4.83. The zero-order valence-electron chi connectivity index (χ0n) is 73.0. The lowest BCUT2D eigenvalue weighted by molar-refractivity contribution is -0.395. The lowest BCUT2D eigenvalue weighted by Crippen LogP contribution is -2.70. The number of rotatable bonds is 41. The largest absolute Gasteiger partial charge is 0.477 e. The summed E-state index contributed by atoms with van der Waals surface area (Å²) in [5.41, 5.74) is 12.0. The third-order valence-electron chi connectivity index (χ3n) is 26.5. The molecule has 782 valence electrons. The van der Waals surface area contributed by atoms with Gasteiger partial charge < -0.3 is 275 Å². The summed E-state index contributed by atoms with van der Waals surface area (Å²) in [5.74, 6) is -15.4. The van der Waals surface area contributed by atoms with Gasteiger partial charge in [0.05, 0.1) is 134 Å². The van der Waals surface area contributed by atoms with Crippen LogP contribution >= 0.6 is 0 Å². The van der Waals surface area contributed by atoms with E-state index in [0.29, 0.717) is 0 Å². The second-order valence-corrected chi connectivity index (χ2v) is 35.4. The normalized spacial score (nSPS) is 48.5. The monoisotopic (exact) mass is 1970 g/mol. The molecule has 57 heteroatoms. The van der Waals surface area contributed by atoms with Crippen molar-refractivity contribution in [3.8, 4) is 0 Å². The number of aliphatic carboxylic acids is 2. The maximum absolute atomic E-state index is 13.1. The Labute approximate surface area is 762 Å². The third kappa shape index (κ3) is 23.9. The molecule has 0 amide bonds. The SMILES string of the molecule is CC1C(O)[C@H](OC2OC(CO)[C@H](O)[C@H](O[C@]3(C(=O)O)C[C@@H](O)[C@@H](N)C([C@H](O)[C@H](O)CO)O3)C2O)[C@H](CO)O[C@H]1O[C@@H]1C(O)[C@H](O)C(CO)O[C@@H]1OCC[C@@H](O)C(O[C@H]1O[C@H](CO)[C@@H](O)C(O)C1O[C@@H]1OC(CO)[C@@H](O[C@@H]2OC(CO)[C@H](O)C(O[C@]3(C(=O)O)C[C@@H](O)[C@@H](N)C([C@H](O)[C@H](O)CO)O3)[C@@H]2O)C(O)[C@@H]1C)[C@@H](O)[C@@H](O)O[C@@H]1C(CO)O[C@@H](O[C@@H]2C(CO)O[C@@H](C)[C@@H](C)C2O)[C@@H](C)C1O. The number of nitrogens with two attached hydrogens (primary N) is 2. The van der Waals surface area contributed by atoms with Gasteiger partial charge in [0.2, 0.25) is 0 Å². The zero-order valence-corrected chi connectivity index (χ0v) is 73.0. The molecule has 0 spiro atoms. The highest BCUT2D eigenvalue weighted by Crippen LogP contribution is 2.45. The van der Waals surface area contributed by atoms with E-state index in [1.807, 2.05) is 0 Å². The van der Waals surface area contributed by atoms with Crippen molar-refractivity contribution in [2.45, 2.75) is 372 Å². The second-order valence-electron chi connectivity index (χ2n) is 35.4. The average Bonchev–Trinajstić information content (AvgIpc) is 0.751.